The van der Waals surface area contributed by atoms with E-state index in [0.717, 1.165) is 44.2 Å². The van der Waals surface area contributed by atoms with Gasteiger partial charge in [-0.05, 0) is 38.0 Å². The second-order valence-corrected chi connectivity index (χ2v) is 7.82. The van der Waals surface area contributed by atoms with E-state index >= 15 is 0 Å². The van der Waals surface area contributed by atoms with E-state index in [2.05, 4.69) is 15.0 Å². The zero-order valence-corrected chi connectivity index (χ0v) is 14.6. The normalized spacial score (nSPS) is 25.5. The third kappa shape index (κ3) is 3.63. The van der Waals surface area contributed by atoms with E-state index in [9.17, 15) is 4.79 Å². The fraction of sp³-hybridized carbons (Fsp3) is 0.833. The molecule has 24 heavy (non-hydrogen) atoms. The van der Waals surface area contributed by atoms with Gasteiger partial charge in [-0.1, -0.05) is 18.0 Å². The van der Waals surface area contributed by atoms with Crippen molar-refractivity contribution in [1.29, 1.82) is 0 Å². The summed E-state index contributed by atoms with van der Waals surface area (Å²) in [5.41, 5.74) is 0. The topological polar surface area (TPSA) is 62.5 Å². The lowest BCUT2D eigenvalue weighted by molar-refractivity contribution is -0.131. The second-order valence-electron chi connectivity index (χ2n) is 7.82. The highest BCUT2D eigenvalue weighted by Crippen LogP contribution is 2.39. The Morgan fingerprint density at radius 1 is 1.25 bits per heavy atom. The average molecular weight is 332 g/mol. The summed E-state index contributed by atoms with van der Waals surface area (Å²) >= 11 is 0. The summed E-state index contributed by atoms with van der Waals surface area (Å²) in [5, 5.41) is 4.08. The molecule has 0 N–H and O–H groups in total. The molecule has 1 aliphatic heterocycles. The lowest BCUT2D eigenvalue weighted by Gasteiger charge is -2.27. The van der Waals surface area contributed by atoms with Crippen molar-refractivity contribution in [3.05, 3.63) is 11.7 Å². The molecule has 132 valence electrons. The van der Waals surface area contributed by atoms with E-state index in [0.29, 0.717) is 18.3 Å². The van der Waals surface area contributed by atoms with Crippen molar-refractivity contribution in [3.63, 3.8) is 0 Å². The zero-order chi connectivity index (χ0) is 16.5. The molecule has 1 aromatic heterocycles. The molecule has 1 atom stereocenters. The fourth-order valence-corrected chi connectivity index (χ4v) is 4.27. The van der Waals surface area contributed by atoms with Crippen LogP contribution in [0.2, 0.25) is 0 Å². The molecule has 6 nitrogen and oxygen atoms in total. The van der Waals surface area contributed by atoms with Gasteiger partial charge in [0.2, 0.25) is 11.8 Å². The first-order valence-corrected chi connectivity index (χ1v) is 9.51. The van der Waals surface area contributed by atoms with E-state index in [4.69, 9.17) is 4.52 Å². The van der Waals surface area contributed by atoms with Crippen LogP contribution < -0.4 is 0 Å². The number of aromatic nitrogens is 2. The highest BCUT2D eigenvalue weighted by Gasteiger charge is 2.33. The van der Waals surface area contributed by atoms with Gasteiger partial charge in [0.1, 0.15) is 0 Å². The summed E-state index contributed by atoms with van der Waals surface area (Å²) in [4.78, 5) is 21.1. The van der Waals surface area contributed by atoms with Crippen molar-refractivity contribution in [3.8, 4) is 0 Å². The zero-order valence-electron chi connectivity index (χ0n) is 14.6. The van der Waals surface area contributed by atoms with Gasteiger partial charge in [0, 0.05) is 38.5 Å². The maximum atomic E-state index is 12.2. The fourth-order valence-electron chi connectivity index (χ4n) is 4.27. The molecule has 2 aliphatic carbocycles. The predicted octanol–water partition coefficient (Wildman–Crippen LogP) is 2.56. The van der Waals surface area contributed by atoms with Crippen LogP contribution in [0.3, 0.4) is 0 Å². The lowest BCUT2D eigenvalue weighted by atomic mass is 10.1. The van der Waals surface area contributed by atoms with E-state index < -0.39 is 0 Å². The minimum atomic E-state index is 0.112. The molecule has 0 radical (unpaired) electrons. The molecular weight excluding hydrogens is 304 g/mol. The quantitative estimate of drug-likeness (QED) is 0.801. The first-order valence-electron chi connectivity index (χ1n) is 9.51. The standard InChI is InChI=1S/C18H28N4O2/c1-13(23)22(12-17-19-18(24-20-17)15-6-7-15)16-8-9-21(11-16)10-14-4-2-3-5-14/h14-16H,2-12H2,1H3/t16-/m1/s1. The van der Waals surface area contributed by atoms with Gasteiger partial charge in [-0.15, -0.1) is 0 Å². The number of likely N-dealkylation sites (tertiary alicyclic amines) is 1. The van der Waals surface area contributed by atoms with Gasteiger partial charge >= 0.3 is 0 Å². The highest BCUT2D eigenvalue weighted by atomic mass is 16.5. The number of hydrogen-bond donors (Lipinski definition) is 0. The smallest absolute Gasteiger partial charge is 0.229 e. The van der Waals surface area contributed by atoms with Crippen LogP contribution in [0.25, 0.3) is 0 Å². The molecule has 0 bridgehead atoms. The number of carbonyl (C=O) groups excluding carboxylic acids is 1. The van der Waals surface area contributed by atoms with Crippen LogP contribution in [0.15, 0.2) is 4.52 Å². The average Bonchev–Trinajstić information content (AvgIpc) is 2.97. The first-order chi connectivity index (χ1) is 11.7. The summed E-state index contributed by atoms with van der Waals surface area (Å²) in [6.45, 7) is 5.43. The van der Waals surface area contributed by atoms with E-state index in [1.807, 2.05) is 4.90 Å². The molecule has 1 saturated heterocycles. The van der Waals surface area contributed by atoms with Crippen LogP contribution in [-0.2, 0) is 11.3 Å². The van der Waals surface area contributed by atoms with Crippen molar-refractivity contribution < 1.29 is 9.32 Å². The van der Waals surface area contributed by atoms with E-state index in [-0.39, 0.29) is 11.9 Å². The summed E-state index contributed by atoms with van der Waals surface area (Å²) < 4.78 is 5.33. The third-order valence-electron chi connectivity index (χ3n) is 5.81. The van der Waals surface area contributed by atoms with Crippen LogP contribution in [0.5, 0.6) is 0 Å². The number of amides is 1. The molecule has 1 amide bonds. The van der Waals surface area contributed by atoms with Crippen LogP contribution >= 0.6 is 0 Å². The van der Waals surface area contributed by atoms with Crippen LogP contribution in [-0.4, -0.2) is 51.5 Å². The Hall–Kier alpha value is -1.43. The van der Waals surface area contributed by atoms with Gasteiger partial charge in [0.15, 0.2) is 5.82 Å². The Morgan fingerprint density at radius 3 is 2.75 bits per heavy atom. The number of carbonyl (C=O) groups is 1. The molecule has 3 aliphatic rings. The number of rotatable bonds is 6. The summed E-state index contributed by atoms with van der Waals surface area (Å²) in [6.07, 6.45) is 8.90. The van der Waals surface area contributed by atoms with Gasteiger partial charge < -0.3 is 14.3 Å². The number of nitrogens with zero attached hydrogens (tertiary/aromatic N) is 4. The molecule has 2 saturated carbocycles. The number of hydrogen-bond acceptors (Lipinski definition) is 5. The molecule has 0 aromatic carbocycles. The largest absolute Gasteiger partial charge is 0.339 e. The molecular formula is C18H28N4O2. The monoisotopic (exact) mass is 332 g/mol. The van der Waals surface area contributed by atoms with Gasteiger partial charge in [-0.3, -0.25) is 4.79 Å². The van der Waals surface area contributed by atoms with Crippen LogP contribution in [0.1, 0.15) is 69.5 Å². The summed E-state index contributed by atoms with van der Waals surface area (Å²) in [6, 6.07) is 0.284. The molecule has 0 unspecified atom stereocenters. The molecule has 0 spiro atoms. The Labute approximate surface area is 143 Å². The van der Waals surface area contributed by atoms with Crippen molar-refractivity contribution in [2.45, 2.75) is 70.4 Å². The van der Waals surface area contributed by atoms with Gasteiger partial charge in [0.25, 0.3) is 0 Å². The van der Waals surface area contributed by atoms with Crippen LogP contribution in [0, 0.1) is 5.92 Å². The molecule has 3 fully saturated rings. The lowest BCUT2D eigenvalue weighted by Crippen LogP contribution is -2.41. The van der Waals surface area contributed by atoms with Crippen molar-refractivity contribution >= 4 is 5.91 Å². The predicted molar refractivity (Wildman–Crippen MR) is 89.3 cm³/mol. The van der Waals surface area contributed by atoms with Gasteiger partial charge in [0.05, 0.1) is 6.54 Å². The Balaban J connectivity index is 1.34. The summed E-state index contributed by atoms with van der Waals surface area (Å²) in [7, 11) is 0. The minimum Gasteiger partial charge on any atom is -0.339 e. The molecule has 4 rings (SSSR count). The highest BCUT2D eigenvalue weighted by molar-refractivity contribution is 5.73. The molecule has 2 heterocycles. The Morgan fingerprint density at radius 2 is 2.04 bits per heavy atom. The van der Waals surface area contributed by atoms with E-state index in [1.165, 1.54) is 32.2 Å². The van der Waals surface area contributed by atoms with Crippen molar-refractivity contribution in [2.75, 3.05) is 19.6 Å². The molecule has 6 heteroatoms. The summed E-state index contributed by atoms with van der Waals surface area (Å²) in [5.74, 6) is 2.85. The van der Waals surface area contributed by atoms with Crippen molar-refractivity contribution in [2.24, 2.45) is 5.92 Å². The Kier molecular flexibility index (Phi) is 4.57. The third-order valence-corrected chi connectivity index (χ3v) is 5.81. The first kappa shape index (κ1) is 16.1. The second kappa shape index (κ2) is 6.82. The SMILES string of the molecule is CC(=O)N(Cc1noc(C2CC2)n1)[C@@H]1CCN(CC2CCCC2)C1. The maximum absolute atomic E-state index is 12.2. The van der Waals surface area contributed by atoms with Crippen LogP contribution in [0.4, 0.5) is 0 Å². The van der Waals surface area contributed by atoms with Gasteiger partial charge in [-0.25, -0.2) is 0 Å². The Bertz CT molecular complexity index is 577. The maximum Gasteiger partial charge on any atom is 0.229 e. The molecule has 1 aromatic rings. The van der Waals surface area contributed by atoms with Crippen molar-refractivity contribution in [1.82, 2.24) is 19.9 Å². The van der Waals surface area contributed by atoms with E-state index in [1.54, 1.807) is 6.92 Å². The van der Waals surface area contributed by atoms with Gasteiger partial charge in [-0.2, -0.15) is 4.98 Å². The minimum absolute atomic E-state index is 0.112.